The topological polar surface area (TPSA) is 53.4 Å². The molecule has 0 aliphatic carbocycles. The summed E-state index contributed by atoms with van der Waals surface area (Å²) in [7, 11) is -2.93. The minimum Gasteiger partial charge on any atom is -0.302 e. The predicted octanol–water partition coefficient (Wildman–Crippen LogP) is 8.13. The lowest BCUT2D eigenvalue weighted by atomic mass is 10.1. The monoisotopic (exact) mass is 536 g/mol. The molecule has 0 radical (unpaired) electrons. The van der Waals surface area contributed by atoms with E-state index in [4.69, 9.17) is 43.9 Å². The molecule has 5 nitrogen and oxygen atoms in total. The molecule has 0 saturated heterocycles. The Morgan fingerprint density at radius 1 is 1.16 bits per heavy atom. The van der Waals surface area contributed by atoms with E-state index in [-0.39, 0.29) is 20.9 Å². The third-order valence-corrected chi connectivity index (χ3v) is 7.30. The van der Waals surface area contributed by atoms with Gasteiger partial charge in [-0.3, -0.25) is 9.25 Å². The second kappa shape index (κ2) is 10.0. The van der Waals surface area contributed by atoms with Crippen LogP contribution in [0.3, 0.4) is 0 Å². The van der Waals surface area contributed by atoms with Crippen LogP contribution in [0.5, 0.6) is 0 Å². The van der Waals surface area contributed by atoms with Crippen molar-refractivity contribution in [3.05, 3.63) is 44.0 Å². The van der Waals surface area contributed by atoms with E-state index >= 15 is 0 Å². The smallest absolute Gasteiger partial charge is 0.302 e. The number of aromatic nitrogens is 2. The molecule has 0 amide bonds. The highest BCUT2D eigenvalue weighted by molar-refractivity contribution is 7.61. The Hall–Kier alpha value is -1.09. The molecule has 1 aromatic heterocycles. The number of hydrogen-bond donors (Lipinski definition) is 0. The number of hydrogen-bond acceptors (Lipinski definition) is 4. The molecule has 0 bridgehead atoms. The third kappa shape index (κ3) is 6.07. The first-order chi connectivity index (χ1) is 14.6. The fraction of sp³-hybridized carbons (Fsp3) is 0.421. The highest BCUT2D eigenvalue weighted by Crippen LogP contribution is 2.60. The Labute approximate surface area is 197 Å². The molecule has 32 heavy (non-hydrogen) atoms. The summed E-state index contributed by atoms with van der Waals surface area (Å²) in [6, 6.07) is 1.96. The van der Waals surface area contributed by atoms with Gasteiger partial charge in [0.1, 0.15) is 16.3 Å². The van der Waals surface area contributed by atoms with Crippen LogP contribution in [0.15, 0.2) is 16.9 Å². The van der Waals surface area contributed by atoms with Gasteiger partial charge in [-0.05, 0) is 51.5 Å². The van der Waals surface area contributed by atoms with E-state index in [1.165, 1.54) is 0 Å². The average molecular weight is 538 g/mol. The van der Waals surface area contributed by atoms with Crippen LogP contribution in [0, 0.1) is 5.82 Å². The van der Waals surface area contributed by atoms with Gasteiger partial charge in [0.15, 0.2) is 5.69 Å². The van der Waals surface area contributed by atoms with Crippen LogP contribution in [0.4, 0.5) is 17.6 Å². The van der Waals surface area contributed by atoms with Gasteiger partial charge in [-0.2, -0.15) is 18.3 Å². The van der Waals surface area contributed by atoms with E-state index in [1.54, 1.807) is 27.7 Å². The first kappa shape index (κ1) is 27.2. The number of halogens is 7. The van der Waals surface area contributed by atoms with Crippen molar-refractivity contribution >= 4 is 48.5 Å². The number of nitrogens with zero attached hydrogens (tertiary/aromatic N) is 2. The molecule has 0 atom stereocenters. The number of aryl methyl sites for hydroxylation is 1. The van der Waals surface area contributed by atoms with Crippen molar-refractivity contribution in [1.82, 2.24) is 9.78 Å². The number of rotatable bonds is 7. The fourth-order valence-electron chi connectivity index (χ4n) is 2.72. The summed E-state index contributed by atoms with van der Waals surface area (Å²) in [5, 5.41) is 2.79. The zero-order chi connectivity index (χ0) is 24.6. The van der Waals surface area contributed by atoms with Gasteiger partial charge in [0, 0.05) is 12.6 Å². The molecule has 0 saturated carbocycles. The van der Waals surface area contributed by atoms with Crippen molar-refractivity contribution < 1.29 is 31.2 Å². The van der Waals surface area contributed by atoms with E-state index < -0.39 is 48.2 Å². The second-order valence-electron chi connectivity index (χ2n) is 7.26. The van der Waals surface area contributed by atoms with Crippen molar-refractivity contribution in [2.24, 2.45) is 7.05 Å². The molecule has 1 aromatic carbocycles. The maximum atomic E-state index is 14.6. The van der Waals surface area contributed by atoms with Crippen LogP contribution < -0.4 is 0 Å². The molecule has 0 aliphatic rings. The highest BCUT2D eigenvalue weighted by atomic mass is 35.5. The van der Waals surface area contributed by atoms with Crippen molar-refractivity contribution in [2.45, 2.75) is 46.1 Å². The molecule has 0 fully saturated rings. The van der Waals surface area contributed by atoms with E-state index in [0.29, 0.717) is 4.68 Å². The average Bonchev–Trinajstić information content (AvgIpc) is 2.89. The van der Waals surface area contributed by atoms with Crippen LogP contribution in [0.25, 0.3) is 17.3 Å². The minimum absolute atomic E-state index is 0.0447. The van der Waals surface area contributed by atoms with Crippen molar-refractivity contribution in [2.75, 3.05) is 0 Å². The van der Waals surface area contributed by atoms with Crippen molar-refractivity contribution in [3.8, 4) is 11.3 Å². The van der Waals surface area contributed by atoms with Crippen LogP contribution in [-0.4, -0.2) is 22.0 Å². The number of benzene rings is 1. The summed E-state index contributed by atoms with van der Waals surface area (Å²) >= 11 is 18.2. The normalized spacial score (nSPS) is 13.5. The lowest BCUT2D eigenvalue weighted by Crippen LogP contribution is -2.12. The molecule has 0 N–H and O–H groups in total. The Kier molecular flexibility index (Phi) is 8.52. The van der Waals surface area contributed by atoms with Gasteiger partial charge < -0.3 is 9.05 Å². The Morgan fingerprint density at radius 2 is 1.69 bits per heavy atom. The van der Waals surface area contributed by atoms with Gasteiger partial charge in [0.2, 0.25) is 0 Å². The summed E-state index contributed by atoms with van der Waals surface area (Å²) in [6.45, 7) is 6.52. The van der Waals surface area contributed by atoms with Crippen LogP contribution in [-0.2, 0) is 26.8 Å². The first-order valence-corrected chi connectivity index (χ1v) is 11.9. The SMILES string of the molecule is CC(C)OP(=O)(OC(C)C)C(Cl)=Cc1cc(-c2nn(C)c(C(F)(F)F)c2Cl)c(F)cc1Cl. The van der Waals surface area contributed by atoms with E-state index in [1.807, 2.05) is 0 Å². The predicted molar refractivity (Wildman–Crippen MR) is 118 cm³/mol. The third-order valence-electron chi connectivity index (χ3n) is 3.83. The Morgan fingerprint density at radius 3 is 2.12 bits per heavy atom. The molecule has 0 aliphatic heterocycles. The second-order valence-corrected chi connectivity index (χ2v) is 10.6. The van der Waals surface area contributed by atoms with Gasteiger partial charge >= 0.3 is 13.8 Å². The molecule has 178 valence electrons. The van der Waals surface area contributed by atoms with Crippen LogP contribution in [0.1, 0.15) is 39.0 Å². The Balaban J connectivity index is 2.64. The maximum absolute atomic E-state index is 14.6. The first-order valence-electron chi connectivity index (χ1n) is 9.20. The zero-order valence-electron chi connectivity index (χ0n) is 17.6. The van der Waals surface area contributed by atoms with Crippen LogP contribution in [0.2, 0.25) is 10.0 Å². The standard InChI is InChI=1S/C19H20Cl3F4N2O3P/c1-9(2)30-32(29,31-10(3)4)15(21)7-11-6-12(14(23)8-13(11)20)17-16(22)18(19(24,25)26)28(5)27-17/h6-10H,1-5H3. The maximum Gasteiger partial charge on any atom is 0.434 e. The molecule has 0 spiro atoms. The summed E-state index contributed by atoms with van der Waals surface area (Å²) in [5.41, 5.74) is -1.99. The van der Waals surface area contributed by atoms with Gasteiger partial charge in [0.05, 0.1) is 22.3 Å². The fourth-order valence-corrected chi connectivity index (χ4v) is 5.31. The van der Waals surface area contributed by atoms with Gasteiger partial charge in [-0.25, -0.2) is 4.39 Å². The molecule has 13 heteroatoms. The van der Waals surface area contributed by atoms with Gasteiger partial charge in [-0.15, -0.1) is 0 Å². The van der Waals surface area contributed by atoms with E-state index in [0.717, 1.165) is 25.3 Å². The van der Waals surface area contributed by atoms with Crippen molar-refractivity contribution in [3.63, 3.8) is 0 Å². The lowest BCUT2D eigenvalue weighted by molar-refractivity contribution is -0.143. The number of alkyl halides is 3. The minimum atomic E-state index is -4.80. The summed E-state index contributed by atoms with van der Waals surface area (Å²) in [4.78, 5) is 0. The lowest BCUT2D eigenvalue weighted by Gasteiger charge is -2.22. The highest BCUT2D eigenvalue weighted by Gasteiger charge is 2.39. The summed E-state index contributed by atoms with van der Waals surface area (Å²) < 4.78 is 78.5. The zero-order valence-corrected chi connectivity index (χ0v) is 20.8. The molecular formula is C19H20Cl3F4N2O3P. The molecule has 1 heterocycles. The van der Waals surface area contributed by atoms with Crippen molar-refractivity contribution in [1.29, 1.82) is 0 Å². The largest absolute Gasteiger partial charge is 0.434 e. The Bertz CT molecular complexity index is 1070. The van der Waals surface area contributed by atoms with Gasteiger partial charge in [-0.1, -0.05) is 34.8 Å². The summed E-state index contributed by atoms with van der Waals surface area (Å²) in [6.07, 6.45) is -4.68. The summed E-state index contributed by atoms with van der Waals surface area (Å²) in [5.74, 6) is -0.961. The van der Waals surface area contributed by atoms with E-state index in [2.05, 4.69) is 5.10 Å². The molecule has 2 aromatic rings. The van der Waals surface area contributed by atoms with E-state index in [9.17, 15) is 22.1 Å². The quantitative estimate of drug-likeness (QED) is 0.264. The van der Waals surface area contributed by atoms with Crippen LogP contribution >= 0.6 is 42.4 Å². The molecular weight excluding hydrogens is 518 g/mol. The molecule has 2 rings (SSSR count). The van der Waals surface area contributed by atoms with Gasteiger partial charge in [0.25, 0.3) is 0 Å². The molecule has 0 unspecified atom stereocenters.